The van der Waals surface area contributed by atoms with Crippen LogP contribution in [0.15, 0.2) is 29.2 Å². The maximum Gasteiger partial charge on any atom is 0.257 e. The van der Waals surface area contributed by atoms with E-state index in [1.54, 1.807) is 23.2 Å². The fraction of sp³-hybridized carbons (Fsp3) is 0.500. The molecule has 0 bridgehead atoms. The normalized spacial score (nSPS) is 23.4. The molecule has 26 heavy (non-hydrogen) atoms. The molecule has 2 saturated heterocycles. The maximum absolute atomic E-state index is 12.6. The van der Waals surface area contributed by atoms with E-state index in [2.05, 4.69) is 9.97 Å². The molecule has 8 heteroatoms. The van der Waals surface area contributed by atoms with Crippen molar-refractivity contribution in [2.24, 2.45) is 5.92 Å². The van der Waals surface area contributed by atoms with Gasteiger partial charge in [0.15, 0.2) is 9.84 Å². The number of nitrogens with one attached hydrogen (secondary N) is 1. The van der Waals surface area contributed by atoms with E-state index < -0.39 is 9.84 Å². The number of sulfone groups is 1. The zero-order valence-electron chi connectivity index (χ0n) is 14.3. The molecule has 1 atom stereocenters. The van der Waals surface area contributed by atoms with Crippen LogP contribution in [-0.2, 0) is 14.6 Å². The molecule has 4 rings (SSSR count). The Kier molecular flexibility index (Phi) is 4.30. The van der Waals surface area contributed by atoms with Gasteiger partial charge in [-0.3, -0.25) is 14.6 Å². The molecule has 0 aliphatic carbocycles. The third kappa shape index (κ3) is 3.25. The zero-order valence-corrected chi connectivity index (χ0v) is 15.2. The van der Waals surface area contributed by atoms with Crippen molar-refractivity contribution in [3.05, 3.63) is 40.4 Å². The average Bonchev–Trinajstić information content (AvgIpc) is 3.01. The fourth-order valence-electron chi connectivity index (χ4n) is 3.99. The van der Waals surface area contributed by atoms with Crippen molar-refractivity contribution in [3.8, 4) is 0 Å². The smallest absolute Gasteiger partial charge is 0.257 e. The Hall–Kier alpha value is -2.22. The Morgan fingerprint density at radius 3 is 2.69 bits per heavy atom. The molecule has 4 heterocycles. The Morgan fingerprint density at radius 2 is 2.00 bits per heavy atom. The Bertz CT molecular complexity index is 1010. The summed E-state index contributed by atoms with van der Waals surface area (Å²) in [5.74, 6) is -0.162. The largest absolute Gasteiger partial charge is 0.342 e. The number of hydrogen-bond donors (Lipinski definition) is 1. The Morgan fingerprint density at radius 1 is 1.23 bits per heavy atom. The van der Waals surface area contributed by atoms with E-state index >= 15 is 0 Å². The lowest BCUT2D eigenvalue weighted by atomic mass is 9.92. The molecule has 138 valence electrons. The van der Waals surface area contributed by atoms with Gasteiger partial charge in [-0.2, -0.15) is 0 Å². The van der Waals surface area contributed by atoms with Crippen LogP contribution in [0.5, 0.6) is 0 Å². The second-order valence-electron chi connectivity index (χ2n) is 7.19. The summed E-state index contributed by atoms with van der Waals surface area (Å²) in [7, 11) is -3.05. The summed E-state index contributed by atoms with van der Waals surface area (Å²) in [5, 5.41) is 0.575. The number of H-pyrrole nitrogens is 1. The van der Waals surface area contributed by atoms with Gasteiger partial charge < -0.3 is 9.88 Å². The zero-order chi connectivity index (χ0) is 18.3. The molecular formula is C18H21N3O4S. The van der Waals surface area contributed by atoms with Gasteiger partial charge >= 0.3 is 0 Å². The van der Waals surface area contributed by atoms with E-state index in [0.717, 1.165) is 18.5 Å². The van der Waals surface area contributed by atoms with Crippen LogP contribution in [0.3, 0.4) is 0 Å². The number of carbonyl (C=O) groups excluding carboxylic acids is 1. The minimum atomic E-state index is -3.05. The van der Waals surface area contributed by atoms with Gasteiger partial charge in [-0.05, 0) is 37.5 Å². The molecule has 2 aliphatic rings. The first-order valence-corrected chi connectivity index (χ1v) is 10.7. The lowest BCUT2D eigenvalue weighted by Crippen LogP contribution is -2.42. The average molecular weight is 375 g/mol. The summed E-state index contributed by atoms with van der Waals surface area (Å²) in [4.78, 5) is 33.8. The number of fused-ring (bicyclic) bond motifs is 1. The monoisotopic (exact) mass is 375 g/mol. The van der Waals surface area contributed by atoms with Crippen molar-refractivity contribution in [2.45, 2.75) is 25.2 Å². The van der Waals surface area contributed by atoms with E-state index in [-0.39, 0.29) is 34.8 Å². The number of nitrogens with zero attached hydrogens (tertiary/aromatic N) is 2. The molecule has 2 aromatic rings. The fourth-order valence-corrected chi connectivity index (χ4v) is 5.72. The second kappa shape index (κ2) is 6.50. The van der Waals surface area contributed by atoms with Crippen LogP contribution in [0, 0.1) is 5.92 Å². The highest BCUT2D eigenvalue weighted by atomic mass is 32.2. The molecule has 7 nitrogen and oxygen atoms in total. The van der Waals surface area contributed by atoms with Gasteiger partial charge in [0.2, 0.25) is 5.91 Å². The summed E-state index contributed by atoms with van der Waals surface area (Å²) in [5.41, 5.74) is 1.40. The first-order chi connectivity index (χ1) is 12.4. The topological polar surface area (TPSA) is 100 Å². The second-order valence-corrected chi connectivity index (χ2v) is 9.42. The standard InChI is InChI=1S/C18H21N3O4S/c22-17-14-2-1-6-19-16(14)10-15(20-17)12-3-7-21(8-4-12)18(23)13-5-9-26(24,25)11-13/h1-2,6,10,12-13H,3-5,7-9,11H2,(H,20,22). The highest BCUT2D eigenvalue weighted by Crippen LogP contribution is 2.29. The molecular weight excluding hydrogens is 354 g/mol. The lowest BCUT2D eigenvalue weighted by molar-refractivity contribution is -0.135. The van der Waals surface area contributed by atoms with Gasteiger partial charge in [0.25, 0.3) is 5.56 Å². The van der Waals surface area contributed by atoms with Gasteiger partial charge in [0.1, 0.15) is 0 Å². The molecule has 1 N–H and O–H groups in total. The molecule has 2 fully saturated rings. The molecule has 0 radical (unpaired) electrons. The number of pyridine rings is 2. The van der Waals surface area contributed by atoms with Gasteiger partial charge in [-0.25, -0.2) is 8.42 Å². The minimum absolute atomic E-state index is 0.0184. The number of likely N-dealkylation sites (tertiary alicyclic amines) is 1. The van der Waals surface area contributed by atoms with E-state index in [0.29, 0.717) is 30.4 Å². The SMILES string of the molecule is O=C(C1CCS(=O)(=O)C1)N1CCC(c2cc3ncccc3c(=O)[nH]2)CC1. The van der Waals surface area contributed by atoms with Crippen LogP contribution in [-0.4, -0.2) is 53.8 Å². The molecule has 0 saturated carbocycles. The van der Waals surface area contributed by atoms with E-state index in [1.165, 1.54) is 0 Å². The minimum Gasteiger partial charge on any atom is -0.342 e. The van der Waals surface area contributed by atoms with Crippen molar-refractivity contribution < 1.29 is 13.2 Å². The number of amides is 1. The Labute approximate surface area is 151 Å². The van der Waals surface area contributed by atoms with Crippen molar-refractivity contribution in [2.75, 3.05) is 24.6 Å². The van der Waals surface area contributed by atoms with Crippen LogP contribution in [0.2, 0.25) is 0 Å². The van der Waals surface area contributed by atoms with Crippen molar-refractivity contribution >= 4 is 26.6 Å². The first kappa shape index (κ1) is 17.2. The van der Waals surface area contributed by atoms with E-state index in [4.69, 9.17) is 0 Å². The van der Waals surface area contributed by atoms with Crippen LogP contribution in [0.25, 0.3) is 10.9 Å². The summed E-state index contributed by atoms with van der Waals surface area (Å²) < 4.78 is 23.2. The van der Waals surface area contributed by atoms with Gasteiger partial charge in [0, 0.05) is 30.9 Å². The predicted octanol–water partition coefficient (Wildman–Crippen LogP) is 1.06. The number of aromatic amines is 1. The van der Waals surface area contributed by atoms with Crippen LogP contribution in [0.1, 0.15) is 30.9 Å². The molecule has 2 aromatic heterocycles. The van der Waals surface area contributed by atoms with Gasteiger partial charge in [-0.1, -0.05) is 0 Å². The van der Waals surface area contributed by atoms with Crippen molar-refractivity contribution in [1.29, 1.82) is 0 Å². The molecule has 1 unspecified atom stereocenters. The summed E-state index contributed by atoms with van der Waals surface area (Å²) in [6, 6.07) is 5.41. The number of carbonyl (C=O) groups is 1. The van der Waals surface area contributed by atoms with E-state index in [1.807, 2.05) is 6.07 Å². The Balaban J connectivity index is 1.45. The summed E-state index contributed by atoms with van der Waals surface area (Å²) >= 11 is 0. The van der Waals surface area contributed by atoms with Crippen LogP contribution in [0.4, 0.5) is 0 Å². The number of rotatable bonds is 2. The highest BCUT2D eigenvalue weighted by molar-refractivity contribution is 7.91. The van der Waals surface area contributed by atoms with Crippen LogP contribution < -0.4 is 5.56 Å². The number of piperidine rings is 1. The van der Waals surface area contributed by atoms with Crippen molar-refractivity contribution in [3.63, 3.8) is 0 Å². The molecule has 2 aliphatic heterocycles. The molecule has 0 spiro atoms. The number of hydrogen-bond acceptors (Lipinski definition) is 5. The first-order valence-electron chi connectivity index (χ1n) is 8.90. The lowest BCUT2D eigenvalue weighted by Gasteiger charge is -2.33. The summed E-state index contributed by atoms with van der Waals surface area (Å²) in [6.07, 6.45) is 3.60. The maximum atomic E-state index is 12.6. The quantitative estimate of drug-likeness (QED) is 0.846. The third-order valence-electron chi connectivity index (χ3n) is 5.46. The van der Waals surface area contributed by atoms with E-state index in [9.17, 15) is 18.0 Å². The molecule has 0 aromatic carbocycles. The number of aromatic nitrogens is 2. The van der Waals surface area contributed by atoms with Crippen molar-refractivity contribution in [1.82, 2.24) is 14.9 Å². The van der Waals surface area contributed by atoms with Crippen LogP contribution >= 0.6 is 0 Å². The van der Waals surface area contributed by atoms with Gasteiger partial charge in [-0.15, -0.1) is 0 Å². The third-order valence-corrected chi connectivity index (χ3v) is 7.23. The predicted molar refractivity (Wildman–Crippen MR) is 97.7 cm³/mol. The highest BCUT2D eigenvalue weighted by Gasteiger charge is 2.36. The molecule has 1 amide bonds. The summed E-state index contributed by atoms with van der Waals surface area (Å²) in [6.45, 7) is 1.17. The van der Waals surface area contributed by atoms with Gasteiger partial charge in [0.05, 0.1) is 28.3 Å².